The van der Waals surface area contributed by atoms with Crippen LogP contribution in [-0.2, 0) is 0 Å². The van der Waals surface area contributed by atoms with Crippen LogP contribution >= 0.6 is 11.6 Å². The fraction of sp³-hybridized carbons (Fsp3) is 0.364. The summed E-state index contributed by atoms with van der Waals surface area (Å²) in [6.07, 6.45) is 5.05. The molecule has 0 bridgehead atoms. The first kappa shape index (κ1) is 11.9. The first-order chi connectivity index (χ1) is 7.16. The third-order valence-corrected chi connectivity index (χ3v) is 2.39. The molecule has 1 amide bonds. The highest BCUT2D eigenvalue weighted by Crippen LogP contribution is 2.18. The lowest BCUT2D eigenvalue weighted by atomic mass is 10.2. The smallest absolute Gasteiger partial charge is 0.258 e. The summed E-state index contributed by atoms with van der Waals surface area (Å²) in [4.78, 5) is 13.4. The maximum Gasteiger partial charge on any atom is 0.258 e. The normalized spacial score (nSPS) is 10.0. The van der Waals surface area contributed by atoms with Gasteiger partial charge in [0.05, 0.1) is 11.8 Å². The summed E-state index contributed by atoms with van der Waals surface area (Å²) in [6.45, 7) is 4.31. The van der Waals surface area contributed by atoms with Crippen molar-refractivity contribution in [3.63, 3.8) is 0 Å². The minimum atomic E-state index is -0.113. The van der Waals surface area contributed by atoms with E-state index in [9.17, 15) is 4.79 Å². The first-order valence-corrected chi connectivity index (χ1v) is 5.14. The number of hydrogen-bond acceptors (Lipinski definition) is 2. The molecule has 1 rings (SSSR count). The van der Waals surface area contributed by atoms with Crippen molar-refractivity contribution in [3.8, 4) is 0 Å². The molecule has 0 fully saturated rings. The van der Waals surface area contributed by atoms with Gasteiger partial charge in [-0.15, -0.1) is 6.58 Å². The number of unbranched alkanes of at least 4 members (excludes halogenated alkanes) is 1. The van der Waals surface area contributed by atoms with Crippen LogP contribution < -0.4 is 0 Å². The molecule has 0 saturated carbocycles. The Morgan fingerprint density at radius 2 is 2.47 bits per heavy atom. The number of carbonyl (C=O) groups is 1. The van der Waals surface area contributed by atoms with Gasteiger partial charge in [-0.05, 0) is 30.5 Å². The molecule has 0 radical (unpaired) electrons. The summed E-state index contributed by atoms with van der Waals surface area (Å²) in [5.41, 5.74) is 0.415. The van der Waals surface area contributed by atoms with Gasteiger partial charge in [-0.25, -0.2) is 0 Å². The van der Waals surface area contributed by atoms with Gasteiger partial charge in [-0.2, -0.15) is 0 Å². The van der Waals surface area contributed by atoms with Gasteiger partial charge in [0.25, 0.3) is 5.91 Å². The summed E-state index contributed by atoms with van der Waals surface area (Å²) < 4.78 is 4.86. The minimum Gasteiger partial charge on any atom is -0.452 e. The van der Waals surface area contributed by atoms with Gasteiger partial charge in [-0.1, -0.05) is 6.08 Å². The van der Waals surface area contributed by atoms with Gasteiger partial charge in [0.2, 0.25) is 5.22 Å². The lowest BCUT2D eigenvalue weighted by Crippen LogP contribution is -2.27. The number of carbonyl (C=O) groups excluding carboxylic acids is 1. The minimum absolute atomic E-state index is 0.113. The number of furan rings is 1. The molecule has 1 aromatic heterocycles. The highest BCUT2D eigenvalue weighted by molar-refractivity contribution is 6.32. The molecule has 0 atom stereocenters. The van der Waals surface area contributed by atoms with E-state index >= 15 is 0 Å². The predicted molar refractivity (Wildman–Crippen MR) is 60.1 cm³/mol. The summed E-state index contributed by atoms with van der Waals surface area (Å²) in [5, 5.41) is 0.149. The molecule has 82 valence electrons. The second kappa shape index (κ2) is 5.61. The molecule has 3 nitrogen and oxygen atoms in total. The van der Waals surface area contributed by atoms with Crippen molar-refractivity contribution in [2.24, 2.45) is 0 Å². The van der Waals surface area contributed by atoms with E-state index in [2.05, 4.69) is 6.58 Å². The highest BCUT2D eigenvalue weighted by atomic mass is 35.5. The molecule has 1 aromatic rings. The number of halogens is 1. The van der Waals surface area contributed by atoms with Crippen LogP contribution in [0.15, 0.2) is 29.4 Å². The maximum atomic E-state index is 11.8. The third kappa shape index (κ3) is 3.13. The van der Waals surface area contributed by atoms with E-state index in [1.807, 2.05) is 6.08 Å². The van der Waals surface area contributed by atoms with Crippen molar-refractivity contribution in [3.05, 3.63) is 35.8 Å². The van der Waals surface area contributed by atoms with E-state index in [4.69, 9.17) is 16.0 Å². The highest BCUT2D eigenvalue weighted by Gasteiger charge is 2.16. The number of allylic oxidation sites excluding steroid dienone is 1. The van der Waals surface area contributed by atoms with Gasteiger partial charge in [0.15, 0.2) is 0 Å². The number of amides is 1. The molecule has 1 heterocycles. The second-order valence-electron chi connectivity index (χ2n) is 3.27. The van der Waals surface area contributed by atoms with Crippen LogP contribution in [0.3, 0.4) is 0 Å². The van der Waals surface area contributed by atoms with Crippen LogP contribution in [0.25, 0.3) is 0 Å². The fourth-order valence-electron chi connectivity index (χ4n) is 1.23. The van der Waals surface area contributed by atoms with Crippen LogP contribution in [0.4, 0.5) is 0 Å². The Hall–Kier alpha value is -1.22. The SMILES string of the molecule is C=CCCCN(C)C(=O)c1ccoc1Cl. The van der Waals surface area contributed by atoms with Crippen LogP contribution in [0.2, 0.25) is 5.22 Å². The summed E-state index contributed by atoms with van der Waals surface area (Å²) in [6, 6.07) is 1.58. The summed E-state index contributed by atoms with van der Waals surface area (Å²) in [7, 11) is 1.74. The predicted octanol–water partition coefficient (Wildman–Crippen LogP) is 2.97. The Morgan fingerprint density at radius 1 is 1.73 bits per heavy atom. The zero-order chi connectivity index (χ0) is 11.3. The summed E-state index contributed by atoms with van der Waals surface area (Å²) >= 11 is 5.71. The molecular formula is C11H14ClNO2. The Kier molecular flexibility index (Phi) is 4.43. The van der Waals surface area contributed by atoms with E-state index < -0.39 is 0 Å². The molecule has 0 aliphatic rings. The zero-order valence-electron chi connectivity index (χ0n) is 8.70. The van der Waals surface area contributed by atoms with Crippen LogP contribution in [-0.4, -0.2) is 24.4 Å². The monoisotopic (exact) mass is 227 g/mol. The Bertz CT molecular complexity index is 346. The molecule has 0 unspecified atom stereocenters. The topological polar surface area (TPSA) is 33.5 Å². The van der Waals surface area contributed by atoms with Crippen molar-refractivity contribution < 1.29 is 9.21 Å². The van der Waals surface area contributed by atoms with Gasteiger partial charge in [0.1, 0.15) is 0 Å². The Balaban J connectivity index is 2.53. The molecular weight excluding hydrogens is 214 g/mol. The number of rotatable bonds is 5. The van der Waals surface area contributed by atoms with Gasteiger partial charge in [-0.3, -0.25) is 4.79 Å². The van der Waals surface area contributed by atoms with Crippen LogP contribution in [0.5, 0.6) is 0 Å². The van der Waals surface area contributed by atoms with Crippen molar-refractivity contribution in [2.75, 3.05) is 13.6 Å². The van der Waals surface area contributed by atoms with Crippen LogP contribution in [0, 0.1) is 0 Å². The molecule has 0 aliphatic heterocycles. The van der Waals surface area contributed by atoms with Crippen molar-refractivity contribution in [1.82, 2.24) is 4.90 Å². The quantitative estimate of drug-likeness (QED) is 0.572. The molecule has 0 saturated heterocycles. The van der Waals surface area contributed by atoms with Crippen molar-refractivity contribution in [1.29, 1.82) is 0 Å². The van der Waals surface area contributed by atoms with E-state index in [1.165, 1.54) is 6.26 Å². The summed E-state index contributed by atoms with van der Waals surface area (Å²) in [5.74, 6) is -0.113. The third-order valence-electron chi connectivity index (χ3n) is 2.10. The number of hydrogen-bond donors (Lipinski definition) is 0. The van der Waals surface area contributed by atoms with Crippen molar-refractivity contribution in [2.45, 2.75) is 12.8 Å². The molecule has 0 aromatic carbocycles. The maximum absolute atomic E-state index is 11.8. The average Bonchev–Trinajstić information content (AvgIpc) is 2.63. The lowest BCUT2D eigenvalue weighted by molar-refractivity contribution is 0.0793. The standard InChI is InChI=1S/C11H14ClNO2/c1-3-4-5-7-13(2)11(14)9-6-8-15-10(9)12/h3,6,8H,1,4-5,7H2,2H3. The number of nitrogens with zero attached hydrogens (tertiary/aromatic N) is 1. The Morgan fingerprint density at radius 3 is 3.00 bits per heavy atom. The fourth-order valence-corrected chi connectivity index (χ4v) is 1.42. The van der Waals surface area contributed by atoms with Crippen molar-refractivity contribution >= 4 is 17.5 Å². The van der Waals surface area contributed by atoms with E-state index in [-0.39, 0.29) is 11.1 Å². The second-order valence-corrected chi connectivity index (χ2v) is 3.61. The van der Waals surface area contributed by atoms with Gasteiger partial charge < -0.3 is 9.32 Å². The van der Waals surface area contributed by atoms with E-state index in [0.717, 1.165) is 12.8 Å². The lowest BCUT2D eigenvalue weighted by Gasteiger charge is -2.15. The molecule has 0 N–H and O–H groups in total. The molecule has 0 spiro atoms. The molecule has 4 heteroatoms. The zero-order valence-corrected chi connectivity index (χ0v) is 9.46. The van der Waals surface area contributed by atoms with Crippen LogP contribution in [0.1, 0.15) is 23.2 Å². The average molecular weight is 228 g/mol. The molecule has 15 heavy (non-hydrogen) atoms. The van der Waals surface area contributed by atoms with E-state index in [1.54, 1.807) is 18.0 Å². The molecule has 0 aliphatic carbocycles. The first-order valence-electron chi connectivity index (χ1n) is 4.76. The van der Waals surface area contributed by atoms with Gasteiger partial charge >= 0.3 is 0 Å². The Labute approximate surface area is 94.3 Å². The van der Waals surface area contributed by atoms with E-state index in [0.29, 0.717) is 12.1 Å². The van der Waals surface area contributed by atoms with Gasteiger partial charge in [0, 0.05) is 13.6 Å². The largest absolute Gasteiger partial charge is 0.452 e.